The van der Waals surface area contributed by atoms with Gasteiger partial charge in [-0.3, -0.25) is 0 Å². The van der Waals surface area contributed by atoms with Gasteiger partial charge in [0, 0.05) is 36.2 Å². The second-order valence-corrected chi connectivity index (χ2v) is 7.21. The molecule has 1 atom stereocenters. The van der Waals surface area contributed by atoms with Gasteiger partial charge in [-0.25, -0.2) is 4.98 Å². The average molecular weight is 331 g/mol. The average Bonchev–Trinajstić information content (AvgIpc) is 2.99. The molecule has 1 fully saturated rings. The first-order valence-electron chi connectivity index (χ1n) is 8.29. The molecule has 1 aliphatic heterocycles. The molecule has 0 amide bonds. The van der Waals surface area contributed by atoms with Crippen LogP contribution in [0, 0.1) is 6.92 Å². The van der Waals surface area contributed by atoms with E-state index in [2.05, 4.69) is 53.3 Å². The van der Waals surface area contributed by atoms with Gasteiger partial charge in [-0.1, -0.05) is 12.1 Å². The summed E-state index contributed by atoms with van der Waals surface area (Å²) in [4.78, 5) is 7.95. The summed E-state index contributed by atoms with van der Waals surface area (Å²) >= 11 is 1.71. The number of thiazole rings is 1. The molecule has 1 saturated heterocycles. The van der Waals surface area contributed by atoms with E-state index in [1.54, 1.807) is 11.3 Å². The molecule has 0 saturated carbocycles. The van der Waals surface area contributed by atoms with E-state index < -0.39 is 0 Å². The number of hydrogen-bond acceptors (Lipinski definition) is 5. The Labute approximate surface area is 142 Å². The molecular weight excluding hydrogens is 306 g/mol. The van der Waals surface area contributed by atoms with Crippen LogP contribution in [0.3, 0.4) is 0 Å². The fourth-order valence-corrected chi connectivity index (χ4v) is 3.69. The number of nitrogens with zero attached hydrogens (tertiary/aromatic N) is 2. The second-order valence-electron chi connectivity index (χ2n) is 6.27. The molecule has 2 N–H and O–H groups in total. The molecule has 1 aromatic carbocycles. The first-order valence-corrected chi connectivity index (χ1v) is 9.17. The summed E-state index contributed by atoms with van der Waals surface area (Å²) in [5, 5.41) is 13.2. The Morgan fingerprint density at radius 2 is 2.00 bits per heavy atom. The van der Waals surface area contributed by atoms with Crippen molar-refractivity contribution in [3.63, 3.8) is 0 Å². The maximum Gasteiger partial charge on any atom is 0.0798 e. The largest absolute Gasteiger partial charge is 0.393 e. The van der Waals surface area contributed by atoms with Gasteiger partial charge in [-0.2, -0.15) is 0 Å². The summed E-state index contributed by atoms with van der Waals surface area (Å²) < 4.78 is 0. The molecule has 4 nitrogen and oxygen atoms in total. The molecule has 5 heteroatoms. The first kappa shape index (κ1) is 16.4. The summed E-state index contributed by atoms with van der Waals surface area (Å²) in [6.07, 6.45) is 1.62. The second kappa shape index (κ2) is 7.43. The number of rotatable bonds is 5. The van der Waals surface area contributed by atoms with Gasteiger partial charge in [0.1, 0.15) is 0 Å². The standard InChI is InChI=1S/C18H25N3OS/c1-13(19-11-18-14(2)20-12-23-18)15-3-5-16(6-4-15)21-9-7-17(22)8-10-21/h3-6,12-13,17,19,22H,7-11H2,1-2H3. The van der Waals surface area contributed by atoms with Crippen LogP contribution in [0.25, 0.3) is 0 Å². The topological polar surface area (TPSA) is 48.4 Å². The third kappa shape index (κ3) is 4.10. The number of aromatic nitrogens is 1. The summed E-state index contributed by atoms with van der Waals surface area (Å²) in [6, 6.07) is 9.12. The van der Waals surface area contributed by atoms with E-state index in [4.69, 9.17) is 0 Å². The predicted molar refractivity (Wildman–Crippen MR) is 96.0 cm³/mol. The zero-order valence-corrected chi connectivity index (χ0v) is 14.6. The Kier molecular flexibility index (Phi) is 5.30. The third-order valence-corrected chi connectivity index (χ3v) is 5.57. The highest BCUT2D eigenvalue weighted by atomic mass is 32.1. The van der Waals surface area contributed by atoms with Crippen molar-refractivity contribution in [1.29, 1.82) is 0 Å². The van der Waals surface area contributed by atoms with Crippen molar-refractivity contribution in [2.75, 3.05) is 18.0 Å². The minimum absolute atomic E-state index is 0.120. The smallest absolute Gasteiger partial charge is 0.0798 e. The van der Waals surface area contributed by atoms with Gasteiger partial charge in [0.15, 0.2) is 0 Å². The molecule has 23 heavy (non-hydrogen) atoms. The van der Waals surface area contributed by atoms with E-state index >= 15 is 0 Å². The Hall–Kier alpha value is -1.43. The Morgan fingerprint density at radius 1 is 1.30 bits per heavy atom. The Bertz CT molecular complexity index is 617. The molecule has 0 aliphatic carbocycles. The van der Waals surface area contributed by atoms with Crippen molar-refractivity contribution >= 4 is 17.0 Å². The van der Waals surface area contributed by atoms with Crippen LogP contribution in [0.15, 0.2) is 29.8 Å². The van der Waals surface area contributed by atoms with Crippen molar-refractivity contribution in [2.45, 2.75) is 45.4 Å². The SMILES string of the molecule is Cc1ncsc1CNC(C)c1ccc(N2CCC(O)CC2)cc1. The van der Waals surface area contributed by atoms with E-state index in [9.17, 15) is 5.11 Å². The van der Waals surface area contributed by atoms with Crippen LogP contribution in [0.2, 0.25) is 0 Å². The zero-order valence-electron chi connectivity index (χ0n) is 13.8. The van der Waals surface area contributed by atoms with Crippen LogP contribution >= 0.6 is 11.3 Å². The molecule has 3 rings (SSSR count). The van der Waals surface area contributed by atoms with Crippen LogP contribution in [-0.2, 0) is 6.54 Å². The van der Waals surface area contributed by atoms with Gasteiger partial charge in [-0.15, -0.1) is 11.3 Å². The number of aliphatic hydroxyl groups excluding tert-OH is 1. The number of hydrogen-bond donors (Lipinski definition) is 2. The lowest BCUT2D eigenvalue weighted by Gasteiger charge is -2.31. The summed E-state index contributed by atoms with van der Waals surface area (Å²) in [6.45, 7) is 7.01. The highest BCUT2D eigenvalue weighted by Crippen LogP contribution is 2.23. The van der Waals surface area contributed by atoms with Crippen molar-refractivity contribution < 1.29 is 5.11 Å². The van der Waals surface area contributed by atoms with E-state index in [-0.39, 0.29) is 6.10 Å². The lowest BCUT2D eigenvalue weighted by atomic mass is 10.0. The van der Waals surface area contributed by atoms with Crippen molar-refractivity contribution in [3.8, 4) is 0 Å². The molecule has 1 unspecified atom stereocenters. The van der Waals surface area contributed by atoms with Crippen molar-refractivity contribution in [3.05, 3.63) is 45.9 Å². The maximum absolute atomic E-state index is 9.61. The number of aliphatic hydroxyl groups is 1. The molecule has 0 bridgehead atoms. The molecular formula is C18H25N3OS. The third-order valence-electron chi connectivity index (χ3n) is 4.64. The van der Waals surface area contributed by atoms with E-state index in [0.717, 1.165) is 38.2 Å². The molecule has 2 aromatic rings. The first-order chi connectivity index (χ1) is 11.1. The number of aryl methyl sites for hydroxylation is 1. The Morgan fingerprint density at radius 3 is 2.61 bits per heavy atom. The maximum atomic E-state index is 9.61. The minimum Gasteiger partial charge on any atom is -0.393 e. The van der Waals surface area contributed by atoms with Crippen LogP contribution in [0.1, 0.15) is 41.9 Å². The number of nitrogens with one attached hydrogen (secondary N) is 1. The highest BCUT2D eigenvalue weighted by molar-refractivity contribution is 7.09. The normalized spacial score (nSPS) is 17.4. The summed E-state index contributed by atoms with van der Waals surface area (Å²) in [5.41, 5.74) is 5.58. The van der Waals surface area contributed by atoms with Crippen molar-refractivity contribution in [1.82, 2.24) is 10.3 Å². The monoisotopic (exact) mass is 331 g/mol. The van der Waals surface area contributed by atoms with Gasteiger partial charge in [-0.05, 0) is 44.4 Å². The fourth-order valence-electron chi connectivity index (χ4n) is 2.96. The lowest BCUT2D eigenvalue weighted by molar-refractivity contribution is 0.145. The quantitative estimate of drug-likeness (QED) is 0.883. The van der Waals surface area contributed by atoms with Gasteiger partial charge < -0.3 is 15.3 Å². The molecule has 2 heterocycles. The van der Waals surface area contributed by atoms with E-state index in [0.29, 0.717) is 6.04 Å². The molecule has 1 aliphatic rings. The van der Waals surface area contributed by atoms with Gasteiger partial charge in [0.05, 0.1) is 17.3 Å². The molecule has 0 spiro atoms. The number of anilines is 1. The predicted octanol–water partition coefficient (Wildman–Crippen LogP) is 3.26. The zero-order chi connectivity index (χ0) is 16.2. The van der Waals surface area contributed by atoms with Gasteiger partial charge >= 0.3 is 0 Å². The van der Waals surface area contributed by atoms with Gasteiger partial charge in [0.2, 0.25) is 0 Å². The number of benzene rings is 1. The highest BCUT2D eigenvalue weighted by Gasteiger charge is 2.17. The van der Waals surface area contributed by atoms with Crippen LogP contribution in [-0.4, -0.2) is 29.3 Å². The van der Waals surface area contributed by atoms with E-state index in [1.165, 1.54) is 16.1 Å². The number of piperidine rings is 1. The lowest BCUT2D eigenvalue weighted by Crippen LogP contribution is -2.35. The fraction of sp³-hybridized carbons (Fsp3) is 0.500. The molecule has 124 valence electrons. The minimum atomic E-state index is -0.120. The van der Waals surface area contributed by atoms with Crippen molar-refractivity contribution in [2.24, 2.45) is 0 Å². The van der Waals surface area contributed by atoms with Gasteiger partial charge in [0.25, 0.3) is 0 Å². The van der Waals surface area contributed by atoms with Crippen LogP contribution < -0.4 is 10.2 Å². The molecule has 0 radical (unpaired) electrons. The summed E-state index contributed by atoms with van der Waals surface area (Å²) in [5.74, 6) is 0. The molecule has 1 aromatic heterocycles. The van der Waals surface area contributed by atoms with Crippen LogP contribution in [0.5, 0.6) is 0 Å². The Balaban J connectivity index is 1.57. The van der Waals surface area contributed by atoms with Crippen LogP contribution in [0.4, 0.5) is 5.69 Å². The van der Waals surface area contributed by atoms with E-state index in [1.807, 2.05) is 5.51 Å². The summed E-state index contributed by atoms with van der Waals surface area (Å²) in [7, 11) is 0.